The Morgan fingerprint density at radius 2 is 2.09 bits per heavy atom. The molecule has 0 radical (unpaired) electrons. The van der Waals surface area contributed by atoms with E-state index >= 15 is 0 Å². The molecule has 3 rings (SSSR count). The number of carbonyl (C=O) groups is 1. The van der Waals surface area contributed by atoms with Gasteiger partial charge in [-0.25, -0.2) is 8.42 Å². The summed E-state index contributed by atoms with van der Waals surface area (Å²) in [5, 5.41) is 0.939. The van der Waals surface area contributed by atoms with Crippen molar-refractivity contribution in [3.05, 3.63) is 35.0 Å². The van der Waals surface area contributed by atoms with E-state index in [1.807, 2.05) is 39.0 Å². The summed E-state index contributed by atoms with van der Waals surface area (Å²) in [6, 6.07) is 5.69. The fourth-order valence-corrected chi connectivity index (χ4v) is 5.29. The van der Waals surface area contributed by atoms with Gasteiger partial charge in [-0.1, -0.05) is 12.1 Å². The highest BCUT2D eigenvalue weighted by Gasteiger charge is 2.35. The number of sulfone groups is 1. The first-order chi connectivity index (χ1) is 10.8. The Kier molecular flexibility index (Phi) is 3.96. The molecule has 2 aromatic rings. The zero-order chi connectivity index (χ0) is 16.8. The molecule has 1 aromatic heterocycles. The Morgan fingerprint density at radius 1 is 1.35 bits per heavy atom. The van der Waals surface area contributed by atoms with Crippen molar-refractivity contribution in [1.82, 2.24) is 9.88 Å². The number of hydrogen-bond donors (Lipinski definition) is 1. The molecule has 23 heavy (non-hydrogen) atoms. The van der Waals surface area contributed by atoms with Gasteiger partial charge >= 0.3 is 0 Å². The van der Waals surface area contributed by atoms with Crippen molar-refractivity contribution in [3.63, 3.8) is 0 Å². The molecular weight excluding hydrogens is 312 g/mol. The van der Waals surface area contributed by atoms with E-state index in [9.17, 15) is 13.2 Å². The van der Waals surface area contributed by atoms with Gasteiger partial charge in [0.25, 0.3) is 5.91 Å². The predicted molar refractivity (Wildman–Crippen MR) is 91.5 cm³/mol. The van der Waals surface area contributed by atoms with Gasteiger partial charge in [0, 0.05) is 29.2 Å². The molecule has 1 fully saturated rings. The van der Waals surface area contributed by atoms with Crippen molar-refractivity contribution < 1.29 is 13.2 Å². The van der Waals surface area contributed by atoms with Crippen molar-refractivity contribution in [1.29, 1.82) is 0 Å². The van der Waals surface area contributed by atoms with Crippen LogP contribution < -0.4 is 0 Å². The number of rotatable bonds is 3. The Hall–Kier alpha value is -1.82. The Balaban J connectivity index is 2.04. The third kappa shape index (κ3) is 2.76. The first kappa shape index (κ1) is 16.1. The molecule has 0 saturated carbocycles. The number of nitrogens with one attached hydrogen (secondary N) is 1. The van der Waals surface area contributed by atoms with Crippen LogP contribution >= 0.6 is 0 Å². The number of nitrogens with zero attached hydrogens (tertiary/aromatic N) is 1. The molecule has 1 aliphatic heterocycles. The van der Waals surface area contributed by atoms with Crippen LogP contribution in [0.2, 0.25) is 0 Å². The minimum atomic E-state index is -3.02. The molecule has 1 aliphatic rings. The van der Waals surface area contributed by atoms with Gasteiger partial charge in [0.15, 0.2) is 9.84 Å². The van der Waals surface area contributed by atoms with Crippen LogP contribution in [0.1, 0.15) is 35.0 Å². The summed E-state index contributed by atoms with van der Waals surface area (Å²) >= 11 is 0. The standard InChI is InChI=1S/C17H22N2O3S/c1-4-19(13-8-9-23(21,22)10-13)17(20)16-12(3)18-14-7-5-6-11(2)15(14)16/h5-7,13,18H,4,8-10H2,1-3H3. The van der Waals surface area contributed by atoms with E-state index in [0.717, 1.165) is 22.2 Å². The molecule has 5 nitrogen and oxygen atoms in total. The van der Waals surface area contributed by atoms with Crippen LogP contribution in [0.15, 0.2) is 18.2 Å². The summed E-state index contributed by atoms with van der Waals surface area (Å²) in [6.45, 7) is 6.30. The van der Waals surface area contributed by atoms with Crippen molar-refractivity contribution >= 4 is 26.6 Å². The van der Waals surface area contributed by atoms with Crippen LogP contribution in [0.4, 0.5) is 0 Å². The highest BCUT2D eigenvalue weighted by Crippen LogP contribution is 2.28. The van der Waals surface area contributed by atoms with E-state index in [4.69, 9.17) is 0 Å². The molecular formula is C17H22N2O3S. The quantitative estimate of drug-likeness (QED) is 0.937. The van der Waals surface area contributed by atoms with Gasteiger partial charge in [0.1, 0.15) is 0 Å². The molecule has 1 N–H and O–H groups in total. The predicted octanol–water partition coefficient (Wildman–Crippen LogP) is 2.43. The normalized spacial score (nSPS) is 20.0. The summed E-state index contributed by atoms with van der Waals surface area (Å²) in [5.41, 5.74) is 3.49. The van der Waals surface area contributed by atoms with Crippen molar-refractivity contribution in [2.75, 3.05) is 18.1 Å². The van der Waals surface area contributed by atoms with Gasteiger partial charge < -0.3 is 9.88 Å². The smallest absolute Gasteiger partial charge is 0.256 e. The molecule has 2 heterocycles. The minimum absolute atomic E-state index is 0.0762. The Bertz CT molecular complexity index is 867. The van der Waals surface area contributed by atoms with Crippen LogP contribution in [0.3, 0.4) is 0 Å². The summed E-state index contributed by atoms with van der Waals surface area (Å²) in [5.74, 6) is 0.174. The monoisotopic (exact) mass is 334 g/mol. The van der Waals surface area contributed by atoms with E-state index in [1.54, 1.807) is 4.90 Å². The maximum absolute atomic E-state index is 13.1. The number of hydrogen-bond acceptors (Lipinski definition) is 3. The van der Waals surface area contributed by atoms with Crippen molar-refractivity contribution in [2.24, 2.45) is 0 Å². The minimum Gasteiger partial charge on any atom is -0.358 e. The number of aromatic amines is 1. The first-order valence-corrected chi connectivity index (χ1v) is 9.75. The molecule has 0 aliphatic carbocycles. The van der Waals surface area contributed by atoms with Gasteiger partial charge in [-0.3, -0.25) is 4.79 Å². The lowest BCUT2D eigenvalue weighted by Gasteiger charge is -2.27. The SMILES string of the molecule is CCN(C(=O)c1c(C)[nH]c2cccc(C)c12)C1CCS(=O)(=O)C1. The van der Waals surface area contributed by atoms with E-state index in [1.165, 1.54) is 0 Å². The summed E-state index contributed by atoms with van der Waals surface area (Å²) in [6.07, 6.45) is 0.530. The third-order valence-corrected chi connectivity index (χ3v) is 6.43. The fourth-order valence-electron chi connectivity index (χ4n) is 3.56. The second-order valence-electron chi connectivity index (χ2n) is 6.27. The number of benzene rings is 1. The average molecular weight is 334 g/mol. The molecule has 0 bridgehead atoms. The Labute approximate surface area is 136 Å². The molecule has 1 unspecified atom stereocenters. The number of amides is 1. The summed E-state index contributed by atoms with van der Waals surface area (Å²) in [4.78, 5) is 18.1. The zero-order valence-corrected chi connectivity index (χ0v) is 14.5. The first-order valence-electron chi connectivity index (χ1n) is 7.93. The lowest BCUT2D eigenvalue weighted by molar-refractivity contribution is 0.0709. The summed E-state index contributed by atoms with van der Waals surface area (Å²) in [7, 11) is -3.02. The molecule has 1 saturated heterocycles. The molecule has 1 atom stereocenters. The van der Waals surface area contributed by atoms with Gasteiger partial charge in [-0.15, -0.1) is 0 Å². The number of aromatic nitrogens is 1. The average Bonchev–Trinajstić information content (AvgIpc) is 2.99. The van der Waals surface area contributed by atoms with E-state index < -0.39 is 9.84 Å². The molecule has 6 heteroatoms. The van der Waals surface area contributed by atoms with Gasteiger partial charge in [-0.2, -0.15) is 0 Å². The largest absolute Gasteiger partial charge is 0.358 e. The van der Waals surface area contributed by atoms with Crippen molar-refractivity contribution in [3.8, 4) is 0 Å². The van der Waals surface area contributed by atoms with Gasteiger partial charge in [0.2, 0.25) is 0 Å². The lowest BCUT2D eigenvalue weighted by Crippen LogP contribution is -2.41. The second-order valence-corrected chi connectivity index (χ2v) is 8.50. The summed E-state index contributed by atoms with van der Waals surface area (Å²) < 4.78 is 23.5. The lowest BCUT2D eigenvalue weighted by atomic mass is 10.0. The van der Waals surface area contributed by atoms with Gasteiger partial charge in [0.05, 0.1) is 17.1 Å². The maximum Gasteiger partial charge on any atom is 0.256 e. The zero-order valence-electron chi connectivity index (χ0n) is 13.7. The van der Waals surface area contributed by atoms with E-state index in [0.29, 0.717) is 18.5 Å². The van der Waals surface area contributed by atoms with Crippen LogP contribution in [0.5, 0.6) is 0 Å². The molecule has 0 spiro atoms. The highest BCUT2D eigenvalue weighted by molar-refractivity contribution is 7.91. The van der Waals surface area contributed by atoms with Gasteiger partial charge in [-0.05, 0) is 38.8 Å². The topological polar surface area (TPSA) is 70.2 Å². The number of carbonyl (C=O) groups excluding carboxylic acids is 1. The number of aryl methyl sites for hydroxylation is 2. The van der Waals surface area contributed by atoms with Crippen LogP contribution in [-0.2, 0) is 9.84 Å². The molecule has 1 aromatic carbocycles. The second kappa shape index (κ2) is 5.67. The maximum atomic E-state index is 13.1. The fraction of sp³-hybridized carbons (Fsp3) is 0.471. The number of H-pyrrole nitrogens is 1. The molecule has 124 valence electrons. The number of fused-ring (bicyclic) bond motifs is 1. The third-order valence-electron chi connectivity index (χ3n) is 4.68. The van der Waals surface area contributed by atoms with Crippen LogP contribution in [0, 0.1) is 13.8 Å². The highest BCUT2D eigenvalue weighted by atomic mass is 32.2. The van der Waals surface area contributed by atoms with Crippen LogP contribution in [-0.4, -0.2) is 48.3 Å². The van der Waals surface area contributed by atoms with E-state index in [2.05, 4.69) is 4.98 Å². The van der Waals surface area contributed by atoms with Crippen LogP contribution in [0.25, 0.3) is 10.9 Å². The van der Waals surface area contributed by atoms with Crippen molar-refractivity contribution in [2.45, 2.75) is 33.2 Å². The van der Waals surface area contributed by atoms with E-state index in [-0.39, 0.29) is 23.5 Å². The Morgan fingerprint density at radius 3 is 2.70 bits per heavy atom. The molecule has 1 amide bonds.